The van der Waals surface area contributed by atoms with Crippen LogP contribution in [0.2, 0.25) is 0 Å². The molecule has 2 aromatic rings. The molecule has 0 spiro atoms. The Morgan fingerprint density at radius 1 is 1.11 bits per heavy atom. The molecule has 1 saturated heterocycles. The van der Waals surface area contributed by atoms with Crippen LogP contribution in [-0.4, -0.2) is 41.7 Å². The SMILES string of the molecule is COc1cc(C)c(/C=C/C(C)=C/C=C/C(C)=C/C(=O)NCc2ccc3c(c2F)CN(C2CCC(=O)NC2=O)C3=O)c(C)c1C. The van der Waals surface area contributed by atoms with Crippen LogP contribution in [0, 0.1) is 26.6 Å². The zero-order valence-corrected chi connectivity index (χ0v) is 26.0. The third-order valence-electron chi connectivity index (χ3n) is 8.10. The van der Waals surface area contributed by atoms with E-state index in [-0.39, 0.29) is 54.4 Å². The number of methoxy groups -OCH3 is 1. The van der Waals surface area contributed by atoms with Gasteiger partial charge < -0.3 is 15.0 Å². The molecule has 44 heavy (non-hydrogen) atoms. The van der Waals surface area contributed by atoms with E-state index in [1.54, 1.807) is 14.0 Å². The molecule has 4 rings (SSSR count). The number of benzene rings is 2. The Kier molecular flexibility index (Phi) is 9.98. The summed E-state index contributed by atoms with van der Waals surface area (Å²) in [5.41, 5.74) is 6.94. The number of hydrogen-bond donors (Lipinski definition) is 2. The average Bonchev–Trinajstić information content (AvgIpc) is 3.31. The van der Waals surface area contributed by atoms with E-state index in [2.05, 4.69) is 30.6 Å². The Balaban J connectivity index is 1.34. The molecule has 8 nitrogen and oxygen atoms in total. The minimum atomic E-state index is -0.822. The van der Waals surface area contributed by atoms with Crippen LogP contribution in [0.4, 0.5) is 4.39 Å². The molecule has 0 radical (unpaired) electrons. The van der Waals surface area contributed by atoms with E-state index in [1.807, 2.05) is 44.2 Å². The average molecular weight is 600 g/mol. The van der Waals surface area contributed by atoms with Crippen LogP contribution in [0.3, 0.4) is 0 Å². The number of carbonyl (C=O) groups excluding carboxylic acids is 4. The van der Waals surface area contributed by atoms with E-state index in [9.17, 15) is 19.2 Å². The molecule has 1 unspecified atom stereocenters. The van der Waals surface area contributed by atoms with Gasteiger partial charge in [0.25, 0.3) is 5.91 Å². The summed E-state index contributed by atoms with van der Waals surface area (Å²) in [6.07, 6.45) is 11.5. The van der Waals surface area contributed by atoms with Crippen molar-refractivity contribution in [3.8, 4) is 5.75 Å². The summed E-state index contributed by atoms with van der Waals surface area (Å²) in [5, 5.41) is 4.93. The van der Waals surface area contributed by atoms with Crippen molar-refractivity contribution in [1.82, 2.24) is 15.5 Å². The number of nitrogens with zero attached hydrogens (tertiary/aromatic N) is 1. The van der Waals surface area contributed by atoms with Gasteiger partial charge >= 0.3 is 0 Å². The fourth-order valence-electron chi connectivity index (χ4n) is 5.43. The number of halogens is 1. The Morgan fingerprint density at radius 3 is 2.57 bits per heavy atom. The van der Waals surface area contributed by atoms with Gasteiger partial charge in [-0.3, -0.25) is 24.5 Å². The highest BCUT2D eigenvalue weighted by atomic mass is 19.1. The van der Waals surface area contributed by atoms with E-state index in [1.165, 1.54) is 28.7 Å². The van der Waals surface area contributed by atoms with Crippen LogP contribution < -0.4 is 15.4 Å². The summed E-state index contributed by atoms with van der Waals surface area (Å²) in [4.78, 5) is 50.4. The Bertz CT molecular complexity index is 1650. The number of aryl methyl sites for hydroxylation is 1. The smallest absolute Gasteiger partial charge is 0.255 e. The number of allylic oxidation sites excluding steroid dienone is 6. The van der Waals surface area contributed by atoms with E-state index >= 15 is 4.39 Å². The van der Waals surface area contributed by atoms with Crippen LogP contribution in [0.5, 0.6) is 5.75 Å². The lowest BCUT2D eigenvalue weighted by Crippen LogP contribution is -2.52. The first-order valence-corrected chi connectivity index (χ1v) is 14.5. The molecular weight excluding hydrogens is 561 g/mol. The van der Waals surface area contributed by atoms with E-state index < -0.39 is 23.7 Å². The zero-order chi connectivity index (χ0) is 32.1. The quantitative estimate of drug-likeness (QED) is 0.231. The van der Waals surface area contributed by atoms with Gasteiger partial charge in [-0.05, 0) is 81.0 Å². The predicted molar refractivity (Wildman–Crippen MR) is 167 cm³/mol. The van der Waals surface area contributed by atoms with Gasteiger partial charge in [-0.1, -0.05) is 42.0 Å². The second kappa shape index (κ2) is 13.7. The van der Waals surface area contributed by atoms with Crippen LogP contribution in [-0.2, 0) is 27.5 Å². The molecule has 0 saturated carbocycles. The second-order valence-electron chi connectivity index (χ2n) is 11.2. The predicted octanol–water partition coefficient (Wildman–Crippen LogP) is 5.30. The Hall–Kier alpha value is -4.79. The van der Waals surface area contributed by atoms with Crippen LogP contribution in [0.1, 0.15) is 70.4 Å². The molecule has 4 amide bonds. The van der Waals surface area contributed by atoms with Gasteiger partial charge in [-0.2, -0.15) is 0 Å². The van der Waals surface area contributed by atoms with E-state index in [0.29, 0.717) is 5.57 Å². The maximum absolute atomic E-state index is 15.3. The minimum Gasteiger partial charge on any atom is -0.496 e. The van der Waals surface area contributed by atoms with Crippen molar-refractivity contribution >= 4 is 29.7 Å². The monoisotopic (exact) mass is 599 g/mol. The van der Waals surface area contributed by atoms with Gasteiger partial charge in [0.2, 0.25) is 17.7 Å². The van der Waals surface area contributed by atoms with Crippen LogP contribution in [0.25, 0.3) is 6.08 Å². The third-order valence-corrected chi connectivity index (χ3v) is 8.10. The van der Waals surface area contributed by atoms with E-state index in [0.717, 1.165) is 28.0 Å². The lowest BCUT2D eigenvalue weighted by molar-refractivity contribution is -0.137. The van der Waals surface area contributed by atoms with Crippen LogP contribution >= 0.6 is 0 Å². The van der Waals surface area contributed by atoms with Gasteiger partial charge in [0.05, 0.1) is 13.7 Å². The zero-order valence-electron chi connectivity index (χ0n) is 26.0. The topological polar surface area (TPSA) is 105 Å². The largest absolute Gasteiger partial charge is 0.496 e. The lowest BCUT2D eigenvalue weighted by atomic mass is 9.96. The molecule has 1 atom stereocenters. The number of nitrogens with one attached hydrogen (secondary N) is 2. The highest BCUT2D eigenvalue weighted by Gasteiger charge is 2.40. The molecule has 230 valence electrons. The van der Waals surface area contributed by atoms with Gasteiger partial charge in [0.1, 0.15) is 17.6 Å². The molecular formula is C35H38FN3O5. The summed E-state index contributed by atoms with van der Waals surface area (Å²) >= 11 is 0. The van der Waals surface area contributed by atoms with Crippen LogP contribution in [0.15, 0.2) is 59.7 Å². The number of fused-ring (bicyclic) bond motifs is 1. The molecule has 1 fully saturated rings. The highest BCUT2D eigenvalue weighted by Crippen LogP contribution is 2.31. The van der Waals surface area contributed by atoms with Crippen molar-refractivity contribution in [2.45, 2.75) is 66.6 Å². The van der Waals surface area contributed by atoms with Crippen molar-refractivity contribution in [3.63, 3.8) is 0 Å². The normalized spacial score (nSPS) is 17.5. The molecule has 0 aliphatic carbocycles. The van der Waals surface area contributed by atoms with Crippen molar-refractivity contribution < 1.29 is 28.3 Å². The summed E-state index contributed by atoms with van der Waals surface area (Å²) in [6, 6.07) is 4.20. The first kappa shape index (κ1) is 32.1. The fourth-order valence-corrected chi connectivity index (χ4v) is 5.43. The number of amides is 4. The van der Waals surface area contributed by atoms with Crippen molar-refractivity contribution in [2.24, 2.45) is 0 Å². The minimum absolute atomic E-state index is 0.0640. The lowest BCUT2D eigenvalue weighted by Gasteiger charge is -2.29. The van der Waals surface area contributed by atoms with Gasteiger partial charge in [0, 0.05) is 35.7 Å². The van der Waals surface area contributed by atoms with Crippen molar-refractivity contribution in [3.05, 3.63) is 104 Å². The fraction of sp³-hybridized carbons (Fsp3) is 0.314. The first-order chi connectivity index (χ1) is 20.9. The molecule has 2 N–H and O–H groups in total. The highest BCUT2D eigenvalue weighted by molar-refractivity contribution is 6.05. The number of hydrogen-bond acceptors (Lipinski definition) is 5. The second-order valence-corrected chi connectivity index (χ2v) is 11.2. The van der Waals surface area contributed by atoms with Gasteiger partial charge in [-0.25, -0.2) is 4.39 Å². The van der Waals surface area contributed by atoms with Gasteiger partial charge in [-0.15, -0.1) is 0 Å². The maximum Gasteiger partial charge on any atom is 0.255 e. The van der Waals surface area contributed by atoms with Crippen molar-refractivity contribution in [1.29, 1.82) is 0 Å². The number of ether oxygens (including phenoxy) is 1. The molecule has 2 heterocycles. The summed E-state index contributed by atoms with van der Waals surface area (Å²) in [6.45, 7) is 9.85. The number of rotatable bonds is 9. The molecule has 2 aliphatic heterocycles. The standard InChI is InChI=1S/C35H38FN3O5/c1-20(10-12-26-22(3)17-30(44-6)24(5)23(26)4)8-7-9-21(2)16-32(41)37-18-25-11-13-27-28(33(25)36)19-39(35(27)43)29-14-15-31(40)38-34(29)42/h7-13,16-17,29H,14-15,18-19H2,1-6H3,(H,37,41)(H,38,40,42)/b9-7+,12-10+,20-8+,21-16+. The molecule has 0 bridgehead atoms. The number of piperidine rings is 1. The molecule has 0 aromatic heterocycles. The maximum atomic E-state index is 15.3. The van der Waals surface area contributed by atoms with E-state index in [4.69, 9.17) is 4.74 Å². The molecule has 9 heteroatoms. The summed E-state index contributed by atoms with van der Waals surface area (Å²) in [5.74, 6) is -1.47. The molecule has 2 aliphatic rings. The molecule has 2 aromatic carbocycles. The Labute approximate surface area is 257 Å². The number of carbonyl (C=O) groups is 4. The number of imide groups is 1. The summed E-state index contributed by atoms with van der Waals surface area (Å²) < 4.78 is 20.8. The summed E-state index contributed by atoms with van der Waals surface area (Å²) in [7, 11) is 1.68. The Morgan fingerprint density at radius 2 is 1.86 bits per heavy atom. The van der Waals surface area contributed by atoms with Gasteiger partial charge in [0.15, 0.2) is 0 Å². The first-order valence-electron chi connectivity index (χ1n) is 14.5. The third kappa shape index (κ3) is 7.05. The van der Waals surface area contributed by atoms with Crippen molar-refractivity contribution in [2.75, 3.05) is 7.11 Å².